The first-order valence-corrected chi connectivity index (χ1v) is 8.06. The van der Waals surface area contributed by atoms with Gasteiger partial charge in [-0.05, 0) is 27.7 Å². The molecule has 1 aliphatic rings. The number of alkyl halides is 2. The molecule has 0 aliphatic carbocycles. The topological polar surface area (TPSA) is 73.7 Å². The van der Waals surface area contributed by atoms with Crippen molar-refractivity contribution in [1.29, 1.82) is 0 Å². The highest BCUT2D eigenvalue weighted by Crippen LogP contribution is 2.31. The van der Waals surface area contributed by atoms with E-state index in [1.54, 1.807) is 27.7 Å². The highest BCUT2D eigenvalue weighted by molar-refractivity contribution is 5.89. The smallest absolute Gasteiger partial charge is 0.410 e. The second-order valence-electron chi connectivity index (χ2n) is 6.89. The molecule has 140 valence electrons. The molecule has 2 heterocycles. The van der Waals surface area contributed by atoms with Gasteiger partial charge in [-0.1, -0.05) is 0 Å². The van der Waals surface area contributed by atoms with E-state index in [-0.39, 0.29) is 37.6 Å². The number of ether oxygens (including phenoxy) is 2. The molecule has 1 aromatic heterocycles. The lowest BCUT2D eigenvalue weighted by Gasteiger charge is -2.31. The first-order chi connectivity index (χ1) is 11.4. The molecule has 9 heteroatoms. The van der Waals surface area contributed by atoms with E-state index in [4.69, 9.17) is 9.47 Å². The van der Waals surface area contributed by atoms with Gasteiger partial charge < -0.3 is 18.9 Å². The SMILES string of the molecule is CCOC(=O)c1nc(C(C)(F)F)n2c1CN(C(=O)OC(C)(C)C)CC2. The van der Waals surface area contributed by atoms with E-state index >= 15 is 0 Å². The van der Waals surface area contributed by atoms with Gasteiger partial charge in [0.1, 0.15) is 5.60 Å². The molecule has 0 saturated heterocycles. The number of aromatic nitrogens is 2. The largest absolute Gasteiger partial charge is 0.461 e. The number of amides is 1. The van der Waals surface area contributed by atoms with Gasteiger partial charge in [-0.2, -0.15) is 8.78 Å². The van der Waals surface area contributed by atoms with Gasteiger partial charge in [0.2, 0.25) is 0 Å². The molecule has 0 aromatic carbocycles. The van der Waals surface area contributed by atoms with Gasteiger partial charge in [0.05, 0.1) is 18.8 Å². The lowest BCUT2D eigenvalue weighted by molar-refractivity contribution is 0.000449. The molecule has 0 fully saturated rings. The average molecular weight is 359 g/mol. The molecule has 0 atom stereocenters. The quantitative estimate of drug-likeness (QED) is 0.776. The summed E-state index contributed by atoms with van der Waals surface area (Å²) in [6.45, 7) is 7.87. The van der Waals surface area contributed by atoms with Gasteiger partial charge in [-0.15, -0.1) is 0 Å². The molecule has 25 heavy (non-hydrogen) atoms. The molecule has 1 aromatic rings. The number of imidazole rings is 1. The summed E-state index contributed by atoms with van der Waals surface area (Å²) in [7, 11) is 0. The zero-order valence-corrected chi connectivity index (χ0v) is 15.1. The number of rotatable bonds is 3. The zero-order valence-electron chi connectivity index (χ0n) is 15.1. The van der Waals surface area contributed by atoms with Gasteiger partial charge in [0, 0.05) is 20.0 Å². The summed E-state index contributed by atoms with van der Waals surface area (Å²) < 4.78 is 39.2. The van der Waals surface area contributed by atoms with Gasteiger partial charge in [-0.3, -0.25) is 0 Å². The van der Waals surface area contributed by atoms with Gasteiger partial charge >= 0.3 is 18.0 Å². The minimum absolute atomic E-state index is 0.0495. The summed E-state index contributed by atoms with van der Waals surface area (Å²) in [5.41, 5.74) is -0.640. The van der Waals surface area contributed by atoms with E-state index in [0.717, 1.165) is 6.92 Å². The van der Waals surface area contributed by atoms with E-state index in [0.29, 0.717) is 0 Å². The second kappa shape index (κ2) is 6.61. The van der Waals surface area contributed by atoms with Crippen LogP contribution >= 0.6 is 0 Å². The lowest BCUT2D eigenvalue weighted by Crippen LogP contribution is -2.42. The Bertz CT molecular complexity index is 674. The summed E-state index contributed by atoms with van der Waals surface area (Å²) in [5.74, 6) is -4.50. The molecule has 1 aliphatic heterocycles. The van der Waals surface area contributed by atoms with Crippen molar-refractivity contribution < 1.29 is 27.8 Å². The molecule has 0 saturated carbocycles. The van der Waals surface area contributed by atoms with Crippen LogP contribution in [-0.4, -0.2) is 45.3 Å². The maximum Gasteiger partial charge on any atom is 0.410 e. The number of nitrogens with zero attached hydrogens (tertiary/aromatic N) is 3. The number of fused-ring (bicyclic) bond motifs is 1. The molecule has 0 spiro atoms. The molecular weight excluding hydrogens is 336 g/mol. The number of esters is 1. The third kappa shape index (κ3) is 4.26. The molecule has 0 radical (unpaired) electrons. The monoisotopic (exact) mass is 359 g/mol. The maximum absolute atomic E-state index is 13.8. The Morgan fingerprint density at radius 1 is 1.20 bits per heavy atom. The maximum atomic E-state index is 13.8. The van der Waals surface area contributed by atoms with Crippen LogP contribution in [0.5, 0.6) is 0 Å². The van der Waals surface area contributed by atoms with Crippen LogP contribution in [0.2, 0.25) is 0 Å². The van der Waals surface area contributed by atoms with Crippen molar-refractivity contribution in [3.8, 4) is 0 Å². The fraction of sp³-hybridized carbons (Fsp3) is 0.688. The highest BCUT2D eigenvalue weighted by atomic mass is 19.3. The molecule has 0 N–H and O–H groups in total. The van der Waals surface area contributed by atoms with Crippen molar-refractivity contribution in [2.75, 3.05) is 13.2 Å². The van der Waals surface area contributed by atoms with Gasteiger partial charge in [-0.25, -0.2) is 14.6 Å². The number of hydrogen-bond donors (Lipinski definition) is 0. The van der Waals surface area contributed by atoms with E-state index in [9.17, 15) is 18.4 Å². The Hall–Kier alpha value is -2.19. The summed E-state index contributed by atoms with van der Waals surface area (Å²) in [6, 6.07) is 0. The van der Waals surface area contributed by atoms with E-state index in [1.165, 1.54) is 9.47 Å². The number of carbonyl (C=O) groups excluding carboxylic acids is 2. The zero-order chi connectivity index (χ0) is 19.0. The van der Waals surface area contributed by atoms with Gasteiger partial charge in [0.15, 0.2) is 11.5 Å². The van der Waals surface area contributed by atoms with Crippen molar-refractivity contribution in [2.45, 2.75) is 59.2 Å². The van der Waals surface area contributed by atoms with Crippen molar-refractivity contribution in [3.05, 3.63) is 17.2 Å². The first kappa shape index (κ1) is 19.1. The Morgan fingerprint density at radius 3 is 2.36 bits per heavy atom. The summed E-state index contributed by atoms with van der Waals surface area (Å²) >= 11 is 0. The van der Waals surface area contributed by atoms with Crippen LogP contribution in [0, 0.1) is 0 Å². The van der Waals surface area contributed by atoms with Crippen LogP contribution in [0.25, 0.3) is 0 Å². The fourth-order valence-electron chi connectivity index (χ4n) is 2.55. The molecule has 7 nitrogen and oxygen atoms in total. The van der Waals surface area contributed by atoms with Crippen LogP contribution < -0.4 is 0 Å². The Morgan fingerprint density at radius 2 is 1.84 bits per heavy atom. The van der Waals surface area contributed by atoms with Crippen LogP contribution in [0.15, 0.2) is 0 Å². The van der Waals surface area contributed by atoms with Crippen molar-refractivity contribution >= 4 is 12.1 Å². The average Bonchev–Trinajstić information content (AvgIpc) is 2.84. The number of halogens is 2. The van der Waals surface area contributed by atoms with Crippen LogP contribution in [0.1, 0.15) is 56.6 Å². The predicted octanol–water partition coefficient (Wildman–Crippen LogP) is 2.92. The third-order valence-electron chi connectivity index (χ3n) is 3.52. The lowest BCUT2D eigenvalue weighted by atomic mass is 10.2. The van der Waals surface area contributed by atoms with Crippen molar-refractivity contribution in [1.82, 2.24) is 14.5 Å². The minimum atomic E-state index is -3.21. The molecule has 1 amide bonds. The second-order valence-corrected chi connectivity index (χ2v) is 6.89. The standard InChI is InChI=1S/C16H23F2N3O4/c1-6-24-12(22)11-10-9-20(14(23)25-15(2,3)4)7-8-21(10)13(19-11)16(5,17)18/h6-9H2,1-5H3. The normalized spacial score (nSPS) is 14.9. The van der Waals surface area contributed by atoms with E-state index < -0.39 is 29.4 Å². The summed E-state index contributed by atoms with van der Waals surface area (Å²) in [4.78, 5) is 29.5. The molecule has 0 unspecified atom stereocenters. The number of hydrogen-bond acceptors (Lipinski definition) is 5. The summed E-state index contributed by atoms with van der Waals surface area (Å²) in [6.07, 6.45) is -0.570. The third-order valence-corrected chi connectivity index (χ3v) is 3.52. The van der Waals surface area contributed by atoms with E-state index in [2.05, 4.69) is 4.98 Å². The van der Waals surface area contributed by atoms with E-state index in [1.807, 2.05) is 0 Å². The molecular formula is C16H23F2N3O4. The van der Waals surface area contributed by atoms with Crippen LogP contribution in [0.3, 0.4) is 0 Å². The Kier molecular flexibility index (Phi) is 5.06. The summed E-state index contributed by atoms with van der Waals surface area (Å²) in [5, 5.41) is 0. The van der Waals surface area contributed by atoms with Crippen LogP contribution in [-0.2, 0) is 28.5 Å². The predicted molar refractivity (Wildman–Crippen MR) is 84.4 cm³/mol. The van der Waals surface area contributed by atoms with Crippen molar-refractivity contribution in [2.24, 2.45) is 0 Å². The number of carbonyl (C=O) groups is 2. The van der Waals surface area contributed by atoms with Gasteiger partial charge in [0.25, 0.3) is 0 Å². The Labute approximate surface area is 144 Å². The molecule has 2 rings (SSSR count). The fourth-order valence-corrected chi connectivity index (χ4v) is 2.55. The Balaban J connectivity index is 2.37. The van der Waals surface area contributed by atoms with Crippen LogP contribution in [0.4, 0.5) is 13.6 Å². The highest BCUT2D eigenvalue weighted by Gasteiger charge is 2.38. The van der Waals surface area contributed by atoms with Crippen molar-refractivity contribution in [3.63, 3.8) is 0 Å². The molecule has 0 bridgehead atoms. The first-order valence-electron chi connectivity index (χ1n) is 8.06. The minimum Gasteiger partial charge on any atom is -0.461 e.